The molecule has 2 N–H and O–H groups in total. The minimum Gasteiger partial charge on any atom is -0.348 e. The molecule has 1 aromatic heterocycles. The van der Waals surface area contributed by atoms with Crippen LogP contribution in [0.15, 0.2) is 67.0 Å². The van der Waals surface area contributed by atoms with Crippen LogP contribution in [-0.4, -0.2) is 21.7 Å². The van der Waals surface area contributed by atoms with Crippen molar-refractivity contribution in [2.75, 3.05) is 5.32 Å². The molecule has 0 spiro atoms. The van der Waals surface area contributed by atoms with Crippen LogP contribution in [0.25, 0.3) is 0 Å². The van der Waals surface area contributed by atoms with Crippen molar-refractivity contribution < 1.29 is 14.5 Å². The molecule has 8 heteroatoms. The van der Waals surface area contributed by atoms with Gasteiger partial charge < -0.3 is 10.6 Å². The van der Waals surface area contributed by atoms with Crippen molar-refractivity contribution in [3.05, 3.63) is 99.4 Å². The average molecular weight is 390 g/mol. The SMILES string of the molecule is Cc1ccc(C(=O)Nc2ccccc2C(=O)NCc2cccnc2)cc1[N+](=O)[O-]. The number of nitro groups is 1. The molecule has 0 aliphatic heterocycles. The molecule has 0 saturated carbocycles. The normalized spacial score (nSPS) is 10.2. The van der Waals surface area contributed by atoms with Gasteiger partial charge in [0.25, 0.3) is 17.5 Å². The fourth-order valence-electron chi connectivity index (χ4n) is 2.71. The Hall–Kier alpha value is -4.07. The number of aromatic nitrogens is 1. The molecule has 8 nitrogen and oxygen atoms in total. The molecule has 3 aromatic rings. The Morgan fingerprint density at radius 3 is 2.59 bits per heavy atom. The number of carbonyl (C=O) groups is 2. The molecule has 0 atom stereocenters. The van der Waals surface area contributed by atoms with Crippen LogP contribution in [0.5, 0.6) is 0 Å². The van der Waals surface area contributed by atoms with E-state index in [0.717, 1.165) is 5.56 Å². The fourth-order valence-corrected chi connectivity index (χ4v) is 2.71. The van der Waals surface area contributed by atoms with E-state index in [1.807, 2.05) is 6.07 Å². The van der Waals surface area contributed by atoms with Gasteiger partial charge in [-0.1, -0.05) is 24.3 Å². The minimum absolute atomic E-state index is 0.132. The lowest BCUT2D eigenvalue weighted by Crippen LogP contribution is -2.25. The molecule has 0 aliphatic rings. The number of hydrogen-bond acceptors (Lipinski definition) is 5. The highest BCUT2D eigenvalue weighted by molar-refractivity contribution is 6.09. The summed E-state index contributed by atoms with van der Waals surface area (Å²) in [7, 11) is 0. The van der Waals surface area contributed by atoms with Crippen molar-refractivity contribution in [3.8, 4) is 0 Å². The molecule has 0 unspecified atom stereocenters. The highest BCUT2D eigenvalue weighted by Gasteiger charge is 2.17. The van der Waals surface area contributed by atoms with Crippen LogP contribution in [0.3, 0.4) is 0 Å². The summed E-state index contributed by atoms with van der Waals surface area (Å²) >= 11 is 0. The van der Waals surface area contributed by atoms with Gasteiger partial charge in [0, 0.05) is 36.1 Å². The third-order valence-electron chi connectivity index (χ3n) is 4.26. The van der Waals surface area contributed by atoms with Crippen molar-refractivity contribution in [2.45, 2.75) is 13.5 Å². The molecule has 2 aromatic carbocycles. The van der Waals surface area contributed by atoms with E-state index in [1.165, 1.54) is 18.2 Å². The first-order valence-electron chi connectivity index (χ1n) is 8.78. The van der Waals surface area contributed by atoms with E-state index >= 15 is 0 Å². The number of nitrogens with zero attached hydrogens (tertiary/aromatic N) is 2. The molecule has 0 aliphatic carbocycles. The monoisotopic (exact) mass is 390 g/mol. The van der Waals surface area contributed by atoms with Crippen LogP contribution in [0.4, 0.5) is 11.4 Å². The van der Waals surface area contributed by atoms with Crippen LogP contribution < -0.4 is 10.6 Å². The lowest BCUT2D eigenvalue weighted by atomic mass is 10.1. The Morgan fingerprint density at radius 1 is 1.07 bits per heavy atom. The molecule has 146 valence electrons. The molecule has 29 heavy (non-hydrogen) atoms. The van der Waals surface area contributed by atoms with Crippen LogP contribution in [0.2, 0.25) is 0 Å². The largest absolute Gasteiger partial charge is 0.348 e. The summed E-state index contributed by atoms with van der Waals surface area (Å²) in [5, 5.41) is 16.5. The predicted molar refractivity (Wildman–Crippen MR) is 108 cm³/mol. The third-order valence-corrected chi connectivity index (χ3v) is 4.26. The maximum atomic E-state index is 12.6. The van der Waals surface area contributed by atoms with Crippen LogP contribution >= 0.6 is 0 Å². The molecule has 0 bridgehead atoms. The Balaban J connectivity index is 1.76. The van der Waals surface area contributed by atoms with Crippen LogP contribution in [0, 0.1) is 17.0 Å². The zero-order chi connectivity index (χ0) is 20.8. The third kappa shape index (κ3) is 4.81. The van der Waals surface area contributed by atoms with Gasteiger partial charge in [-0.3, -0.25) is 24.7 Å². The highest BCUT2D eigenvalue weighted by atomic mass is 16.6. The average Bonchev–Trinajstić information content (AvgIpc) is 2.73. The predicted octanol–water partition coefficient (Wildman–Crippen LogP) is 3.48. The molecule has 0 saturated heterocycles. The van der Waals surface area contributed by atoms with Crippen molar-refractivity contribution in [1.82, 2.24) is 10.3 Å². The number of nitro benzene ring substituents is 1. The summed E-state index contributed by atoms with van der Waals surface area (Å²) in [5.74, 6) is -0.903. The lowest BCUT2D eigenvalue weighted by molar-refractivity contribution is -0.385. The lowest BCUT2D eigenvalue weighted by Gasteiger charge is -2.12. The van der Waals surface area contributed by atoms with E-state index in [4.69, 9.17) is 0 Å². The van der Waals surface area contributed by atoms with E-state index < -0.39 is 10.8 Å². The van der Waals surface area contributed by atoms with Crippen molar-refractivity contribution >= 4 is 23.2 Å². The van der Waals surface area contributed by atoms with Gasteiger partial charge in [-0.15, -0.1) is 0 Å². The maximum Gasteiger partial charge on any atom is 0.273 e. The Kier molecular flexibility index (Phi) is 5.94. The van der Waals surface area contributed by atoms with Gasteiger partial charge in [-0.2, -0.15) is 0 Å². The van der Waals surface area contributed by atoms with Gasteiger partial charge >= 0.3 is 0 Å². The Morgan fingerprint density at radius 2 is 1.86 bits per heavy atom. The highest BCUT2D eigenvalue weighted by Crippen LogP contribution is 2.21. The molecule has 0 fully saturated rings. The Bertz CT molecular complexity index is 1070. The summed E-state index contributed by atoms with van der Waals surface area (Å²) in [5.41, 5.74) is 1.89. The summed E-state index contributed by atoms with van der Waals surface area (Å²) in [4.78, 5) is 39.7. The zero-order valence-corrected chi connectivity index (χ0v) is 15.6. The second kappa shape index (κ2) is 8.75. The van der Waals surface area contributed by atoms with Gasteiger partial charge in [0.15, 0.2) is 0 Å². The number of rotatable bonds is 6. The molecule has 3 rings (SSSR count). The van der Waals surface area contributed by atoms with E-state index in [-0.39, 0.29) is 22.7 Å². The number of nitrogens with one attached hydrogen (secondary N) is 2. The number of aryl methyl sites for hydroxylation is 1. The van der Waals surface area contributed by atoms with E-state index in [9.17, 15) is 19.7 Å². The minimum atomic E-state index is -0.541. The molecule has 0 radical (unpaired) electrons. The number of amides is 2. The fraction of sp³-hybridized carbons (Fsp3) is 0.0952. The van der Waals surface area contributed by atoms with Crippen molar-refractivity contribution in [3.63, 3.8) is 0 Å². The van der Waals surface area contributed by atoms with Gasteiger partial charge in [-0.25, -0.2) is 0 Å². The summed E-state index contributed by atoms with van der Waals surface area (Å²) in [6.07, 6.45) is 3.30. The second-order valence-corrected chi connectivity index (χ2v) is 6.30. The standard InChI is InChI=1S/C21H18N4O4/c1-14-8-9-16(11-19(14)25(28)29)20(26)24-18-7-3-2-6-17(18)21(27)23-13-15-5-4-10-22-12-15/h2-12H,13H2,1H3,(H,23,27)(H,24,26). The summed E-state index contributed by atoms with van der Waals surface area (Å²) in [6, 6.07) is 14.4. The second-order valence-electron chi connectivity index (χ2n) is 6.30. The maximum absolute atomic E-state index is 12.6. The smallest absolute Gasteiger partial charge is 0.273 e. The molecule has 2 amide bonds. The zero-order valence-electron chi connectivity index (χ0n) is 15.6. The van der Waals surface area contributed by atoms with Gasteiger partial charge in [-0.05, 0) is 36.8 Å². The molecular formula is C21H18N4O4. The number of carbonyl (C=O) groups excluding carboxylic acids is 2. The molecule has 1 heterocycles. The van der Waals surface area contributed by atoms with Gasteiger partial charge in [0.2, 0.25) is 0 Å². The Labute approximate surface area is 166 Å². The van der Waals surface area contributed by atoms with Crippen molar-refractivity contribution in [2.24, 2.45) is 0 Å². The first-order valence-corrected chi connectivity index (χ1v) is 8.78. The number of pyridine rings is 1. The first kappa shape index (κ1) is 19.7. The number of benzene rings is 2. The van der Waals surface area contributed by atoms with Crippen LogP contribution in [-0.2, 0) is 6.54 Å². The van der Waals surface area contributed by atoms with Gasteiger partial charge in [0.05, 0.1) is 16.2 Å². The number of anilines is 1. The van der Waals surface area contributed by atoms with Crippen molar-refractivity contribution in [1.29, 1.82) is 0 Å². The summed E-state index contributed by atoms with van der Waals surface area (Å²) in [6.45, 7) is 1.89. The van der Waals surface area contributed by atoms with E-state index in [1.54, 1.807) is 49.6 Å². The first-order chi connectivity index (χ1) is 14.0. The number of hydrogen-bond donors (Lipinski definition) is 2. The molecular weight excluding hydrogens is 372 g/mol. The van der Waals surface area contributed by atoms with E-state index in [0.29, 0.717) is 17.8 Å². The number of para-hydroxylation sites is 1. The van der Waals surface area contributed by atoms with Gasteiger partial charge in [0.1, 0.15) is 0 Å². The van der Waals surface area contributed by atoms with E-state index in [2.05, 4.69) is 15.6 Å². The topological polar surface area (TPSA) is 114 Å². The quantitative estimate of drug-likeness (QED) is 0.494. The van der Waals surface area contributed by atoms with Crippen LogP contribution in [0.1, 0.15) is 31.8 Å². The summed E-state index contributed by atoms with van der Waals surface area (Å²) < 4.78 is 0.